The number of benzene rings is 1. The molecule has 0 aliphatic carbocycles. The quantitative estimate of drug-likeness (QED) is 0.897. The Morgan fingerprint density at radius 2 is 1.94 bits per heavy atom. The van der Waals surface area contributed by atoms with E-state index in [4.69, 9.17) is 9.47 Å². The van der Waals surface area contributed by atoms with Crippen molar-refractivity contribution in [3.05, 3.63) is 42.1 Å². The van der Waals surface area contributed by atoms with E-state index in [1.54, 1.807) is 20.4 Å². The lowest BCUT2D eigenvalue weighted by molar-refractivity contribution is 0.282. The number of aliphatic hydroxyl groups excluding tert-OH is 1. The summed E-state index contributed by atoms with van der Waals surface area (Å²) in [5.74, 6) is 1.26. The Morgan fingerprint density at radius 1 is 1.11 bits per heavy atom. The summed E-state index contributed by atoms with van der Waals surface area (Å²) >= 11 is 0. The summed E-state index contributed by atoms with van der Waals surface area (Å²) in [6, 6.07) is 9.25. The van der Waals surface area contributed by atoms with E-state index in [0.29, 0.717) is 5.88 Å². The summed E-state index contributed by atoms with van der Waals surface area (Å²) in [5, 5.41) is 9.40. The number of hydrogen-bond acceptors (Lipinski definition) is 4. The van der Waals surface area contributed by atoms with Crippen molar-refractivity contribution in [1.82, 2.24) is 4.98 Å². The van der Waals surface area contributed by atoms with Gasteiger partial charge in [0, 0.05) is 11.8 Å². The summed E-state index contributed by atoms with van der Waals surface area (Å²) in [6.07, 6.45) is 1.67. The Morgan fingerprint density at radius 3 is 2.61 bits per heavy atom. The molecule has 4 nitrogen and oxygen atoms in total. The Bertz CT molecular complexity index is 540. The molecular formula is C14H15NO3. The van der Waals surface area contributed by atoms with Crippen LogP contribution in [0, 0.1) is 0 Å². The van der Waals surface area contributed by atoms with Gasteiger partial charge in [0.15, 0.2) is 0 Å². The number of pyridine rings is 1. The Balaban J connectivity index is 2.60. The number of ether oxygens (including phenoxy) is 2. The van der Waals surface area contributed by atoms with Gasteiger partial charge in [0.2, 0.25) is 5.88 Å². The van der Waals surface area contributed by atoms with E-state index in [0.717, 1.165) is 22.4 Å². The average molecular weight is 245 g/mol. The minimum absolute atomic E-state index is 0.0443. The summed E-state index contributed by atoms with van der Waals surface area (Å²) in [7, 11) is 3.18. The fourth-order valence-electron chi connectivity index (χ4n) is 1.83. The maximum atomic E-state index is 9.40. The highest BCUT2D eigenvalue weighted by atomic mass is 16.5. The molecule has 1 aromatic heterocycles. The molecule has 0 saturated heterocycles. The molecule has 2 aromatic rings. The zero-order valence-electron chi connectivity index (χ0n) is 10.4. The van der Waals surface area contributed by atoms with Crippen molar-refractivity contribution in [2.24, 2.45) is 0 Å². The molecule has 0 radical (unpaired) electrons. The molecular weight excluding hydrogens is 230 g/mol. The summed E-state index contributed by atoms with van der Waals surface area (Å²) in [5.41, 5.74) is 2.51. The number of nitrogens with zero attached hydrogens (tertiary/aromatic N) is 1. The molecule has 94 valence electrons. The molecule has 2 rings (SSSR count). The Labute approximate surface area is 106 Å². The van der Waals surface area contributed by atoms with Crippen molar-refractivity contribution in [3.8, 4) is 22.8 Å². The summed E-state index contributed by atoms with van der Waals surface area (Å²) < 4.78 is 10.4. The van der Waals surface area contributed by atoms with Crippen LogP contribution in [-0.4, -0.2) is 24.3 Å². The highest BCUT2D eigenvalue weighted by molar-refractivity contribution is 5.73. The zero-order chi connectivity index (χ0) is 13.0. The van der Waals surface area contributed by atoms with Crippen molar-refractivity contribution >= 4 is 0 Å². The number of aliphatic hydroxyl groups is 1. The van der Waals surface area contributed by atoms with E-state index < -0.39 is 0 Å². The molecule has 0 unspecified atom stereocenters. The molecule has 1 N–H and O–H groups in total. The van der Waals surface area contributed by atoms with Crippen molar-refractivity contribution in [3.63, 3.8) is 0 Å². The molecule has 0 aliphatic rings. The second kappa shape index (κ2) is 5.51. The van der Waals surface area contributed by atoms with Crippen LogP contribution >= 0.6 is 0 Å². The van der Waals surface area contributed by atoms with Gasteiger partial charge in [-0.25, -0.2) is 4.98 Å². The monoisotopic (exact) mass is 245 g/mol. The number of hydrogen-bond donors (Lipinski definition) is 1. The van der Waals surface area contributed by atoms with Crippen LogP contribution in [0.5, 0.6) is 11.6 Å². The van der Waals surface area contributed by atoms with E-state index >= 15 is 0 Å². The first-order valence-corrected chi connectivity index (χ1v) is 5.57. The fraction of sp³-hybridized carbons (Fsp3) is 0.214. The van der Waals surface area contributed by atoms with Crippen LogP contribution < -0.4 is 9.47 Å². The maximum absolute atomic E-state index is 9.40. The second-order valence-corrected chi connectivity index (χ2v) is 3.74. The van der Waals surface area contributed by atoms with Crippen LogP contribution in [0.15, 0.2) is 36.5 Å². The lowest BCUT2D eigenvalue weighted by Crippen LogP contribution is -1.95. The first-order chi connectivity index (χ1) is 8.80. The maximum Gasteiger partial charge on any atom is 0.221 e. The normalized spacial score (nSPS) is 10.2. The highest BCUT2D eigenvalue weighted by Crippen LogP contribution is 2.33. The van der Waals surface area contributed by atoms with Crippen LogP contribution in [-0.2, 0) is 6.61 Å². The molecule has 0 bridgehead atoms. The third kappa shape index (κ3) is 2.28. The number of rotatable bonds is 4. The zero-order valence-corrected chi connectivity index (χ0v) is 10.4. The van der Waals surface area contributed by atoms with E-state index in [2.05, 4.69) is 4.98 Å². The fourth-order valence-corrected chi connectivity index (χ4v) is 1.83. The second-order valence-electron chi connectivity index (χ2n) is 3.74. The van der Waals surface area contributed by atoms with Gasteiger partial charge in [0.05, 0.1) is 20.8 Å². The van der Waals surface area contributed by atoms with Gasteiger partial charge >= 0.3 is 0 Å². The van der Waals surface area contributed by atoms with Gasteiger partial charge in [-0.05, 0) is 35.4 Å². The van der Waals surface area contributed by atoms with E-state index in [1.165, 1.54) is 0 Å². The molecule has 0 saturated carbocycles. The first kappa shape index (κ1) is 12.4. The molecule has 1 aromatic carbocycles. The Hall–Kier alpha value is -2.07. The molecule has 4 heteroatoms. The predicted molar refractivity (Wildman–Crippen MR) is 68.7 cm³/mol. The topological polar surface area (TPSA) is 51.6 Å². The van der Waals surface area contributed by atoms with Crippen molar-refractivity contribution < 1.29 is 14.6 Å². The van der Waals surface area contributed by atoms with Gasteiger partial charge in [-0.3, -0.25) is 0 Å². The van der Waals surface area contributed by atoms with Gasteiger partial charge in [-0.1, -0.05) is 6.07 Å². The molecule has 0 aliphatic heterocycles. The van der Waals surface area contributed by atoms with E-state index in [9.17, 15) is 5.11 Å². The van der Waals surface area contributed by atoms with Crippen LogP contribution in [0.1, 0.15) is 5.56 Å². The van der Waals surface area contributed by atoms with Gasteiger partial charge in [-0.2, -0.15) is 0 Å². The lowest BCUT2D eigenvalue weighted by Gasteiger charge is -2.12. The molecule has 0 amide bonds. The van der Waals surface area contributed by atoms with Gasteiger partial charge < -0.3 is 14.6 Å². The van der Waals surface area contributed by atoms with Gasteiger partial charge in [-0.15, -0.1) is 0 Å². The smallest absolute Gasteiger partial charge is 0.221 e. The standard InChI is InChI=1S/C14H15NO3/c1-17-11-6-5-10(9-16)13(8-11)12-4-3-7-15-14(12)18-2/h3-8,16H,9H2,1-2H3. The molecule has 0 spiro atoms. The SMILES string of the molecule is COc1ccc(CO)c(-c2cccnc2OC)c1. The molecule has 18 heavy (non-hydrogen) atoms. The van der Waals surface area contributed by atoms with Crippen LogP contribution in [0.25, 0.3) is 11.1 Å². The van der Waals surface area contributed by atoms with E-state index in [-0.39, 0.29) is 6.61 Å². The van der Waals surface area contributed by atoms with Crippen LogP contribution in [0.4, 0.5) is 0 Å². The minimum Gasteiger partial charge on any atom is -0.497 e. The van der Waals surface area contributed by atoms with Gasteiger partial charge in [0.1, 0.15) is 5.75 Å². The largest absolute Gasteiger partial charge is 0.497 e. The van der Waals surface area contributed by atoms with Crippen molar-refractivity contribution in [2.75, 3.05) is 14.2 Å². The van der Waals surface area contributed by atoms with Gasteiger partial charge in [0.25, 0.3) is 0 Å². The molecule has 1 heterocycles. The number of methoxy groups -OCH3 is 2. The van der Waals surface area contributed by atoms with E-state index in [1.807, 2.05) is 30.3 Å². The van der Waals surface area contributed by atoms with Crippen molar-refractivity contribution in [1.29, 1.82) is 0 Å². The minimum atomic E-state index is -0.0443. The van der Waals surface area contributed by atoms with Crippen molar-refractivity contribution in [2.45, 2.75) is 6.61 Å². The van der Waals surface area contributed by atoms with Crippen LogP contribution in [0.3, 0.4) is 0 Å². The average Bonchev–Trinajstić information content (AvgIpc) is 2.46. The Kier molecular flexibility index (Phi) is 3.79. The first-order valence-electron chi connectivity index (χ1n) is 5.57. The number of aromatic nitrogens is 1. The molecule has 0 atom stereocenters. The highest BCUT2D eigenvalue weighted by Gasteiger charge is 2.11. The summed E-state index contributed by atoms with van der Waals surface area (Å²) in [4.78, 5) is 4.16. The lowest BCUT2D eigenvalue weighted by atomic mass is 10.0. The summed E-state index contributed by atoms with van der Waals surface area (Å²) in [6.45, 7) is -0.0443. The predicted octanol–water partition coefficient (Wildman–Crippen LogP) is 2.26. The third-order valence-corrected chi connectivity index (χ3v) is 2.74. The van der Waals surface area contributed by atoms with Crippen LogP contribution in [0.2, 0.25) is 0 Å². The molecule has 0 fully saturated rings. The third-order valence-electron chi connectivity index (χ3n) is 2.74.